The van der Waals surface area contributed by atoms with Crippen molar-refractivity contribution in [2.24, 2.45) is 4.99 Å². The molecule has 2 aliphatic rings. The van der Waals surface area contributed by atoms with Gasteiger partial charge in [0.2, 0.25) is 0 Å². The molecule has 25 heavy (non-hydrogen) atoms. The smallest absolute Gasteiger partial charge is 0.274 e. The van der Waals surface area contributed by atoms with Gasteiger partial charge in [0.05, 0.1) is 18.3 Å². The topological polar surface area (TPSA) is 129 Å². The third kappa shape index (κ3) is 2.19. The highest BCUT2D eigenvalue weighted by Crippen LogP contribution is 2.44. The molecule has 1 saturated heterocycles. The molecule has 0 aliphatic carbocycles. The highest BCUT2D eigenvalue weighted by Gasteiger charge is 2.53. The van der Waals surface area contributed by atoms with Crippen LogP contribution < -0.4 is 10.9 Å². The van der Waals surface area contributed by atoms with Gasteiger partial charge < -0.3 is 29.9 Å². The number of aromatic nitrogens is 2. The van der Waals surface area contributed by atoms with E-state index in [1.54, 1.807) is 0 Å². The Kier molecular flexibility index (Phi) is 3.41. The molecule has 132 valence electrons. The molecule has 2 aromatic rings. The number of aliphatic hydroxyl groups excluding tert-OH is 2. The first-order valence-electron chi connectivity index (χ1n) is 7.56. The molecule has 0 radical (unpaired) electrons. The molecule has 0 spiro atoms. The zero-order valence-corrected chi connectivity index (χ0v) is 13.0. The van der Waals surface area contributed by atoms with E-state index in [0.717, 1.165) is 6.07 Å². The number of hydrogen-bond acceptors (Lipinski definition) is 8. The fraction of sp³-hybridized carbons (Fsp3) is 0.400. The minimum absolute atomic E-state index is 0.0605. The zero-order valence-electron chi connectivity index (χ0n) is 13.0. The molecule has 1 fully saturated rings. The fourth-order valence-electron chi connectivity index (χ4n) is 3.27. The average Bonchev–Trinajstić information content (AvgIpc) is 3.00. The minimum Gasteiger partial charge on any atom is -0.394 e. The number of nitrogens with one attached hydrogen (secondary N) is 1. The van der Waals surface area contributed by atoms with Gasteiger partial charge in [-0.25, -0.2) is 9.38 Å². The second-order valence-corrected chi connectivity index (χ2v) is 6.22. The van der Waals surface area contributed by atoms with E-state index in [1.165, 1.54) is 24.0 Å². The second-order valence-electron chi connectivity index (χ2n) is 6.22. The van der Waals surface area contributed by atoms with Crippen molar-refractivity contribution in [3.05, 3.63) is 28.4 Å². The van der Waals surface area contributed by atoms with E-state index in [9.17, 15) is 24.5 Å². The van der Waals surface area contributed by atoms with E-state index in [4.69, 9.17) is 4.74 Å². The Balaban J connectivity index is 1.98. The first-order chi connectivity index (χ1) is 11.8. The Morgan fingerprint density at radius 2 is 2.28 bits per heavy atom. The van der Waals surface area contributed by atoms with Crippen LogP contribution in [0.1, 0.15) is 13.2 Å². The first-order valence-corrected chi connectivity index (χ1v) is 7.56. The molecular formula is C15H15FN4O5. The van der Waals surface area contributed by atoms with Gasteiger partial charge >= 0.3 is 0 Å². The highest BCUT2D eigenvalue weighted by molar-refractivity contribution is 6.06. The summed E-state index contributed by atoms with van der Waals surface area (Å²) in [6.45, 7) is 0.857. The maximum absolute atomic E-state index is 14.4. The zero-order chi connectivity index (χ0) is 17.9. The summed E-state index contributed by atoms with van der Waals surface area (Å²) in [5, 5.41) is 33.1. The lowest BCUT2D eigenvalue weighted by atomic mass is 9.96. The van der Waals surface area contributed by atoms with E-state index >= 15 is 0 Å². The third-order valence-corrected chi connectivity index (χ3v) is 4.55. The maximum atomic E-state index is 14.4. The predicted molar refractivity (Wildman–Crippen MR) is 85.4 cm³/mol. The van der Waals surface area contributed by atoms with Crippen LogP contribution in [0.4, 0.5) is 16.0 Å². The van der Waals surface area contributed by atoms with Crippen molar-refractivity contribution < 1.29 is 24.4 Å². The summed E-state index contributed by atoms with van der Waals surface area (Å²) < 4.78 is 21.3. The summed E-state index contributed by atoms with van der Waals surface area (Å²) in [4.78, 5) is 19.5. The van der Waals surface area contributed by atoms with Crippen molar-refractivity contribution in [1.82, 2.24) is 9.55 Å². The lowest BCUT2D eigenvalue weighted by molar-refractivity contribution is -0.0955. The van der Waals surface area contributed by atoms with E-state index < -0.39 is 42.0 Å². The van der Waals surface area contributed by atoms with Crippen LogP contribution in [-0.4, -0.2) is 55.6 Å². The van der Waals surface area contributed by atoms with Gasteiger partial charge in [-0.1, -0.05) is 0 Å². The summed E-state index contributed by atoms with van der Waals surface area (Å²) in [5.41, 5.74) is -2.50. The van der Waals surface area contributed by atoms with Gasteiger partial charge in [-0.3, -0.25) is 4.79 Å². The van der Waals surface area contributed by atoms with Crippen LogP contribution in [0.3, 0.4) is 0 Å². The van der Waals surface area contributed by atoms with E-state index in [2.05, 4.69) is 15.3 Å². The monoisotopic (exact) mass is 350 g/mol. The molecular weight excluding hydrogens is 335 g/mol. The number of hydrogen-bond donors (Lipinski definition) is 4. The summed E-state index contributed by atoms with van der Waals surface area (Å²) in [6.07, 6.45) is -0.864. The molecule has 0 unspecified atom stereocenters. The SMILES string of the molecule is C[C@]1(O)[C@H](O)[C@@H](CO)O[C@H]1n1cc2c(F)cc(=O)nc3c2c1N=CN3. The normalized spacial score (nSPS) is 30.7. The van der Waals surface area contributed by atoms with Crippen LogP contribution >= 0.6 is 0 Å². The van der Waals surface area contributed by atoms with Crippen LogP contribution in [-0.2, 0) is 4.74 Å². The number of halogens is 1. The molecule has 4 atom stereocenters. The van der Waals surface area contributed by atoms with Gasteiger partial charge in [-0.2, -0.15) is 4.98 Å². The minimum atomic E-state index is -1.75. The summed E-state index contributed by atoms with van der Waals surface area (Å²) in [5.74, 6) is -0.457. The number of ether oxygens (including phenoxy) is 1. The van der Waals surface area contributed by atoms with Gasteiger partial charge in [0.1, 0.15) is 35.3 Å². The van der Waals surface area contributed by atoms with Crippen LogP contribution in [0.15, 0.2) is 22.1 Å². The molecule has 2 aliphatic heterocycles. The second kappa shape index (κ2) is 5.30. The number of aliphatic imine (C=N–C) groups is 1. The molecule has 10 heteroatoms. The fourth-order valence-corrected chi connectivity index (χ4v) is 3.27. The molecule has 9 nitrogen and oxygen atoms in total. The molecule has 4 N–H and O–H groups in total. The van der Waals surface area contributed by atoms with Crippen molar-refractivity contribution in [3.63, 3.8) is 0 Å². The Labute approximate surface area is 140 Å². The number of aliphatic hydroxyl groups is 3. The molecule has 4 rings (SSSR count). The number of rotatable bonds is 2. The van der Waals surface area contributed by atoms with Crippen molar-refractivity contribution in [2.45, 2.75) is 31.0 Å². The molecule has 2 aromatic heterocycles. The lowest BCUT2D eigenvalue weighted by Crippen LogP contribution is -2.44. The quantitative estimate of drug-likeness (QED) is 0.581. The lowest BCUT2D eigenvalue weighted by Gasteiger charge is -2.28. The van der Waals surface area contributed by atoms with Crippen molar-refractivity contribution in [3.8, 4) is 0 Å². The Bertz CT molecular complexity index is 957. The van der Waals surface area contributed by atoms with Crippen molar-refractivity contribution in [1.29, 1.82) is 0 Å². The number of nitrogens with zero attached hydrogens (tertiary/aromatic N) is 3. The Morgan fingerprint density at radius 3 is 2.96 bits per heavy atom. The van der Waals surface area contributed by atoms with E-state index in [1.807, 2.05) is 0 Å². The van der Waals surface area contributed by atoms with Crippen molar-refractivity contribution in [2.75, 3.05) is 11.9 Å². The maximum Gasteiger partial charge on any atom is 0.274 e. The van der Waals surface area contributed by atoms with Crippen molar-refractivity contribution >= 4 is 28.7 Å². The summed E-state index contributed by atoms with van der Waals surface area (Å²) in [7, 11) is 0. The Morgan fingerprint density at radius 1 is 1.52 bits per heavy atom. The highest BCUT2D eigenvalue weighted by atomic mass is 19.1. The molecule has 0 bridgehead atoms. The van der Waals surface area contributed by atoms with Crippen LogP contribution in [0.5, 0.6) is 0 Å². The predicted octanol–water partition coefficient (Wildman–Crippen LogP) is -0.378. The van der Waals surface area contributed by atoms with Crippen LogP contribution in [0.25, 0.3) is 10.8 Å². The van der Waals surface area contributed by atoms with Gasteiger partial charge in [-0.05, 0) is 6.92 Å². The van der Waals surface area contributed by atoms with Crippen LogP contribution in [0.2, 0.25) is 0 Å². The molecule has 0 amide bonds. The number of anilines is 1. The standard InChI is InChI=1S/C15H15FN4O5/c1-15(24)11(23)8(4-21)25-14(15)20-3-6-7(16)2-9(22)19-12-10(6)13(20)18-5-17-12/h2-3,5,8,11,14,21,23-24H,4H2,1H3,(H,17,18,19,22)/t8-,11-,14-,15+/m1/s1. The third-order valence-electron chi connectivity index (χ3n) is 4.55. The largest absolute Gasteiger partial charge is 0.394 e. The molecule has 4 heterocycles. The van der Waals surface area contributed by atoms with Crippen LogP contribution in [0, 0.1) is 5.82 Å². The van der Waals surface area contributed by atoms with Gasteiger partial charge in [0.15, 0.2) is 6.23 Å². The Hall–Kier alpha value is -2.40. The molecule has 0 aromatic carbocycles. The summed E-state index contributed by atoms with van der Waals surface area (Å²) >= 11 is 0. The van der Waals surface area contributed by atoms with E-state index in [0.29, 0.717) is 0 Å². The molecule has 0 saturated carbocycles. The average molecular weight is 350 g/mol. The van der Waals surface area contributed by atoms with Gasteiger partial charge in [0, 0.05) is 17.6 Å². The first kappa shape index (κ1) is 16.1. The van der Waals surface area contributed by atoms with Gasteiger partial charge in [0.25, 0.3) is 5.56 Å². The summed E-state index contributed by atoms with van der Waals surface area (Å²) in [6, 6.07) is 0.756. The van der Waals surface area contributed by atoms with E-state index in [-0.39, 0.29) is 22.4 Å². The van der Waals surface area contributed by atoms with Gasteiger partial charge in [-0.15, -0.1) is 0 Å².